The Bertz CT molecular complexity index is 601. The monoisotopic (exact) mass is 323 g/mol. The molecule has 0 aliphatic rings. The summed E-state index contributed by atoms with van der Waals surface area (Å²) in [6.45, 7) is 1.99. The van der Waals surface area contributed by atoms with E-state index < -0.39 is 5.97 Å². The first-order chi connectivity index (χ1) is 8.58. The molecule has 92 valence electrons. The van der Waals surface area contributed by atoms with E-state index in [2.05, 4.69) is 20.9 Å². The lowest BCUT2D eigenvalue weighted by atomic mass is 10.2. The molecule has 0 radical (unpaired) electrons. The van der Waals surface area contributed by atoms with Crippen molar-refractivity contribution in [1.29, 1.82) is 0 Å². The molecule has 1 aromatic heterocycles. The molecule has 0 saturated heterocycles. The molecule has 0 atom stereocenters. The van der Waals surface area contributed by atoms with Crippen molar-refractivity contribution in [3.8, 4) is 0 Å². The summed E-state index contributed by atoms with van der Waals surface area (Å²) in [7, 11) is 0. The van der Waals surface area contributed by atoms with Gasteiger partial charge in [0.15, 0.2) is 0 Å². The molecule has 0 spiro atoms. The van der Waals surface area contributed by atoms with Gasteiger partial charge in [-0.05, 0) is 52.7 Å². The molecule has 0 fully saturated rings. The van der Waals surface area contributed by atoms with Crippen molar-refractivity contribution < 1.29 is 9.90 Å². The Labute approximate surface area is 117 Å². The van der Waals surface area contributed by atoms with Gasteiger partial charge in [-0.25, -0.2) is 9.78 Å². The number of aromatic nitrogens is 1. The predicted molar refractivity (Wildman–Crippen MR) is 74.2 cm³/mol. The summed E-state index contributed by atoms with van der Waals surface area (Å²) in [5, 5.41) is 9.77. The van der Waals surface area contributed by atoms with Crippen molar-refractivity contribution in [2.24, 2.45) is 0 Å². The van der Waals surface area contributed by atoms with Crippen LogP contribution in [0.1, 0.15) is 15.9 Å². The maximum absolute atomic E-state index is 10.9. The van der Waals surface area contributed by atoms with Gasteiger partial charge in [-0.2, -0.15) is 0 Å². The minimum absolute atomic E-state index is 0.281. The van der Waals surface area contributed by atoms with Crippen molar-refractivity contribution >= 4 is 33.7 Å². The Kier molecular flexibility index (Phi) is 4.04. The lowest BCUT2D eigenvalue weighted by Gasteiger charge is -2.06. The first-order valence-electron chi connectivity index (χ1n) is 5.20. The average molecular weight is 324 g/mol. The third-order valence-electron chi connectivity index (χ3n) is 2.35. The Morgan fingerprint density at radius 3 is 2.89 bits per heavy atom. The number of nitrogens with zero attached hydrogens (tertiary/aromatic N) is 1. The average Bonchev–Trinajstić information content (AvgIpc) is 2.35. The minimum atomic E-state index is -0.922. The third kappa shape index (κ3) is 2.91. The summed E-state index contributed by atoms with van der Waals surface area (Å²) < 4.78 is 0.940. The van der Waals surface area contributed by atoms with Crippen LogP contribution >= 0.6 is 27.7 Å². The summed E-state index contributed by atoms with van der Waals surface area (Å²) in [5.74, 6) is -0.922. The van der Waals surface area contributed by atoms with Crippen LogP contribution in [0.5, 0.6) is 0 Å². The SMILES string of the molecule is Cc1ccnc(Sc2cccc(C(=O)O)c2)c1Br. The van der Waals surface area contributed by atoms with Crippen LogP contribution in [0.3, 0.4) is 0 Å². The van der Waals surface area contributed by atoms with E-state index in [0.717, 1.165) is 20.0 Å². The molecule has 1 N–H and O–H groups in total. The zero-order valence-electron chi connectivity index (χ0n) is 9.55. The van der Waals surface area contributed by atoms with Gasteiger partial charge in [0, 0.05) is 11.1 Å². The van der Waals surface area contributed by atoms with E-state index in [1.807, 2.05) is 19.1 Å². The van der Waals surface area contributed by atoms with Crippen LogP contribution in [-0.2, 0) is 0 Å². The lowest BCUT2D eigenvalue weighted by molar-refractivity contribution is 0.0696. The Balaban J connectivity index is 2.31. The van der Waals surface area contributed by atoms with Crippen LogP contribution in [0.4, 0.5) is 0 Å². The summed E-state index contributed by atoms with van der Waals surface area (Å²) in [5.41, 5.74) is 1.38. The smallest absolute Gasteiger partial charge is 0.335 e. The van der Waals surface area contributed by atoms with Gasteiger partial charge in [0.1, 0.15) is 5.03 Å². The number of hydrogen-bond donors (Lipinski definition) is 1. The normalized spacial score (nSPS) is 10.3. The molecule has 1 heterocycles. The van der Waals surface area contributed by atoms with Crippen molar-refractivity contribution in [1.82, 2.24) is 4.98 Å². The van der Waals surface area contributed by atoms with E-state index >= 15 is 0 Å². The lowest BCUT2D eigenvalue weighted by Crippen LogP contribution is -1.95. The van der Waals surface area contributed by atoms with Crippen LogP contribution < -0.4 is 0 Å². The Hall–Kier alpha value is -1.33. The van der Waals surface area contributed by atoms with Gasteiger partial charge < -0.3 is 5.11 Å². The molecule has 5 heteroatoms. The predicted octanol–water partition coefficient (Wildman–Crippen LogP) is 4.00. The number of benzene rings is 1. The molecule has 0 amide bonds. The van der Waals surface area contributed by atoms with Crippen molar-refractivity contribution in [3.05, 3.63) is 52.1 Å². The zero-order valence-corrected chi connectivity index (χ0v) is 12.0. The number of carboxylic acid groups (broad SMARTS) is 1. The van der Waals surface area contributed by atoms with E-state index in [9.17, 15) is 4.79 Å². The number of carbonyl (C=O) groups is 1. The number of aromatic carboxylic acids is 1. The van der Waals surface area contributed by atoms with E-state index in [-0.39, 0.29) is 5.56 Å². The van der Waals surface area contributed by atoms with Gasteiger partial charge in [0.25, 0.3) is 0 Å². The number of halogens is 1. The maximum Gasteiger partial charge on any atom is 0.335 e. The molecule has 3 nitrogen and oxygen atoms in total. The highest BCUT2D eigenvalue weighted by atomic mass is 79.9. The molecule has 2 rings (SSSR count). The first-order valence-corrected chi connectivity index (χ1v) is 6.81. The largest absolute Gasteiger partial charge is 0.478 e. The van der Waals surface area contributed by atoms with E-state index in [0.29, 0.717) is 0 Å². The Morgan fingerprint density at radius 1 is 1.39 bits per heavy atom. The summed E-state index contributed by atoms with van der Waals surface area (Å²) in [6, 6.07) is 8.74. The highest BCUT2D eigenvalue weighted by Crippen LogP contribution is 2.33. The summed E-state index contributed by atoms with van der Waals surface area (Å²) >= 11 is 4.92. The van der Waals surface area contributed by atoms with Crippen LogP contribution in [0.15, 0.2) is 50.9 Å². The maximum atomic E-state index is 10.9. The van der Waals surface area contributed by atoms with E-state index in [1.54, 1.807) is 24.4 Å². The fourth-order valence-corrected chi connectivity index (χ4v) is 2.79. The van der Waals surface area contributed by atoms with Crippen LogP contribution in [0.2, 0.25) is 0 Å². The number of pyridine rings is 1. The molecule has 0 aliphatic heterocycles. The van der Waals surface area contributed by atoms with Crippen LogP contribution in [0.25, 0.3) is 0 Å². The molecule has 18 heavy (non-hydrogen) atoms. The molecular formula is C13H10BrNO2S. The summed E-state index contributed by atoms with van der Waals surface area (Å²) in [4.78, 5) is 16.0. The second-order valence-electron chi connectivity index (χ2n) is 3.68. The van der Waals surface area contributed by atoms with Gasteiger partial charge >= 0.3 is 5.97 Å². The van der Waals surface area contributed by atoms with Gasteiger partial charge in [-0.1, -0.05) is 17.8 Å². The summed E-state index contributed by atoms with van der Waals surface area (Å²) in [6.07, 6.45) is 1.74. The van der Waals surface area contributed by atoms with Gasteiger partial charge in [-0.3, -0.25) is 0 Å². The van der Waals surface area contributed by atoms with Gasteiger partial charge in [-0.15, -0.1) is 0 Å². The zero-order chi connectivity index (χ0) is 13.1. The van der Waals surface area contributed by atoms with Crippen molar-refractivity contribution in [2.75, 3.05) is 0 Å². The molecule has 0 unspecified atom stereocenters. The highest BCUT2D eigenvalue weighted by Gasteiger charge is 2.08. The first kappa shape index (κ1) is 13.1. The topological polar surface area (TPSA) is 50.2 Å². The fraction of sp³-hybridized carbons (Fsp3) is 0.0769. The number of hydrogen-bond acceptors (Lipinski definition) is 3. The number of aryl methyl sites for hydroxylation is 1. The van der Waals surface area contributed by atoms with Crippen molar-refractivity contribution in [2.45, 2.75) is 16.8 Å². The minimum Gasteiger partial charge on any atom is -0.478 e. The highest BCUT2D eigenvalue weighted by molar-refractivity contribution is 9.10. The van der Waals surface area contributed by atoms with Crippen molar-refractivity contribution in [3.63, 3.8) is 0 Å². The quantitative estimate of drug-likeness (QED) is 0.927. The second-order valence-corrected chi connectivity index (χ2v) is 5.54. The molecule has 1 aromatic carbocycles. The van der Waals surface area contributed by atoms with E-state index in [1.165, 1.54) is 11.8 Å². The third-order valence-corrected chi connectivity index (χ3v) is 4.60. The molecule has 0 saturated carbocycles. The molecule has 2 aromatic rings. The fourth-order valence-electron chi connectivity index (χ4n) is 1.39. The molecule has 0 bridgehead atoms. The second kappa shape index (κ2) is 5.54. The Morgan fingerprint density at radius 2 is 2.17 bits per heavy atom. The van der Waals surface area contributed by atoms with E-state index in [4.69, 9.17) is 5.11 Å². The molecule has 0 aliphatic carbocycles. The van der Waals surface area contributed by atoms with Crippen LogP contribution in [0, 0.1) is 6.92 Å². The van der Waals surface area contributed by atoms with Crippen LogP contribution in [-0.4, -0.2) is 16.1 Å². The number of rotatable bonds is 3. The number of carboxylic acids is 1. The van der Waals surface area contributed by atoms with Gasteiger partial charge in [0.05, 0.1) is 10.0 Å². The van der Waals surface area contributed by atoms with Gasteiger partial charge in [0.2, 0.25) is 0 Å². The molecular weight excluding hydrogens is 314 g/mol. The standard InChI is InChI=1S/C13H10BrNO2S/c1-8-5-6-15-12(11(8)14)18-10-4-2-3-9(7-10)13(16)17/h2-7H,1H3,(H,16,17).